The fraction of sp³-hybridized carbons (Fsp3) is 0.667. The summed E-state index contributed by atoms with van der Waals surface area (Å²) < 4.78 is 43.1. The Morgan fingerprint density at radius 1 is 1.32 bits per heavy atom. The average molecular weight is 322 g/mol. The molecule has 4 unspecified atom stereocenters. The molecule has 1 aliphatic rings. The highest BCUT2D eigenvalue weighted by Gasteiger charge is 2.38. The van der Waals surface area contributed by atoms with Crippen LogP contribution in [0.2, 0.25) is 0 Å². The lowest BCUT2D eigenvalue weighted by atomic mass is 9.98. The predicted molar refractivity (Wildman–Crippen MR) is 70.1 cm³/mol. The summed E-state index contributed by atoms with van der Waals surface area (Å²) >= 11 is 0. The third-order valence-corrected chi connectivity index (χ3v) is 3.30. The molecule has 1 aromatic rings. The van der Waals surface area contributed by atoms with Gasteiger partial charge in [-0.05, 0) is 7.05 Å². The highest BCUT2D eigenvalue weighted by Crippen LogP contribution is 2.28. The topological polar surface area (TPSA) is 99.5 Å². The van der Waals surface area contributed by atoms with Gasteiger partial charge in [0.1, 0.15) is 18.0 Å². The number of alkyl halides is 3. The quantitative estimate of drug-likeness (QED) is 0.599. The zero-order valence-corrected chi connectivity index (χ0v) is 11.7. The molecule has 0 amide bonds. The molecule has 2 rings (SSSR count). The van der Waals surface area contributed by atoms with Crippen molar-refractivity contribution in [2.45, 2.75) is 30.5 Å². The molecular weight excluding hydrogens is 305 g/mol. The number of nitrogens with one attached hydrogen (secondary N) is 2. The SMILES string of the molecule is CNCC1OCC(Nc2cncc(C(F)(F)F)n2)C(O)C1O. The summed E-state index contributed by atoms with van der Waals surface area (Å²) in [5, 5.41) is 25.4. The Bertz CT molecular complexity index is 503. The Morgan fingerprint density at radius 2 is 2.05 bits per heavy atom. The minimum atomic E-state index is -4.61. The van der Waals surface area contributed by atoms with Crippen LogP contribution in [0.5, 0.6) is 0 Å². The van der Waals surface area contributed by atoms with Crippen LogP contribution >= 0.6 is 0 Å². The van der Waals surface area contributed by atoms with Crippen LogP contribution in [-0.2, 0) is 10.9 Å². The molecule has 0 bridgehead atoms. The van der Waals surface area contributed by atoms with E-state index in [4.69, 9.17) is 4.74 Å². The van der Waals surface area contributed by atoms with E-state index in [1.807, 2.05) is 0 Å². The minimum Gasteiger partial charge on any atom is -0.388 e. The summed E-state index contributed by atoms with van der Waals surface area (Å²) in [6, 6.07) is -0.791. The van der Waals surface area contributed by atoms with E-state index >= 15 is 0 Å². The second-order valence-corrected chi connectivity index (χ2v) is 4.95. The van der Waals surface area contributed by atoms with Crippen molar-refractivity contribution >= 4 is 5.82 Å². The summed E-state index contributed by atoms with van der Waals surface area (Å²) in [5.74, 6) is -0.151. The van der Waals surface area contributed by atoms with E-state index in [0.717, 1.165) is 6.20 Å². The number of anilines is 1. The van der Waals surface area contributed by atoms with E-state index in [0.29, 0.717) is 12.7 Å². The van der Waals surface area contributed by atoms with Crippen molar-refractivity contribution in [2.75, 3.05) is 25.5 Å². The van der Waals surface area contributed by atoms with Crippen LogP contribution in [0.25, 0.3) is 0 Å². The van der Waals surface area contributed by atoms with Crippen molar-refractivity contribution in [2.24, 2.45) is 0 Å². The Morgan fingerprint density at radius 3 is 2.68 bits per heavy atom. The molecule has 10 heteroatoms. The van der Waals surface area contributed by atoms with Crippen molar-refractivity contribution in [1.29, 1.82) is 0 Å². The van der Waals surface area contributed by atoms with E-state index in [-0.39, 0.29) is 12.4 Å². The fourth-order valence-electron chi connectivity index (χ4n) is 2.15. The molecule has 0 spiro atoms. The van der Waals surface area contributed by atoms with Crippen LogP contribution in [0.15, 0.2) is 12.4 Å². The normalized spacial score (nSPS) is 29.4. The summed E-state index contributed by atoms with van der Waals surface area (Å²) in [6.45, 7) is 0.358. The van der Waals surface area contributed by atoms with Gasteiger partial charge in [-0.1, -0.05) is 0 Å². The molecule has 4 N–H and O–H groups in total. The molecule has 7 nitrogen and oxygen atoms in total. The largest absolute Gasteiger partial charge is 0.434 e. The third kappa shape index (κ3) is 3.83. The van der Waals surface area contributed by atoms with Gasteiger partial charge in [-0.2, -0.15) is 13.2 Å². The van der Waals surface area contributed by atoms with Gasteiger partial charge in [-0.15, -0.1) is 0 Å². The van der Waals surface area contributed by atoms with E-state index in [2.05, 4.69) is 20.6 Å². The van der Waals surface area contributed by atoms with Gasteiger partial charge in [0.25, 0.3) is 0 Å². The van der Waals surface area contributed by atoms with Crippen LogP contribution in [0, 0.1) is 0 Å². The van der Waals surface area contributed by atoms with Crippen molar-refractivity contribution in [1.82, 2.24) is 15.3 Å². The molecule has 124 valence electrons. The minimum absolute atomic E-state index is 0.0164. The first-order chi connectivity index (χ1) is 10.3. The summed E-state index contributed by atoms with van der Waals surface area (Å²) in [4.78, 5) is 6.86. The van der Waals surface area contributed by atoms with Crippen molar-refractivity contribution in [3.05, 3.63) is 18.1 Å². The van der Waals surface area contributed by atoms with Gasteiger partial charge in [-0.25, -0.2) is 4.98 Å². The highest BCUT2D eigenvalue weighted by molar-refractivity contribution is 5.34. The third-order valence-electron chi connectivity index (χ3n) is 3.30. The fourth-order valence-corrected chi connectivity index (χ4v) is 2.15. The van der Waals surface area contributed by atoms with Crippen molar-refractivity contribution in [3.63, 3.8) is 0 Å². The zero-order valence-electron chi connectivity index (χ0n) is 11.7. The van der Waals surface area contributed by atoms with Crippen LogP contribution in [0.3, 0.4) is 0 Å². The van der Waals surface area contributed by atoms with Crippen molar-refractivity contribution in [3.8, 4) is 0 Å². The lowest BCUT2D eigenvalue weighted by Gasteiger charge is -2.38. The van der Waals surface area contributed by atoms with Gasteiger partial charge in [0.15, 0.2) is 5.69 Å². The zero-order chi connectivity index (χ0) is 16.3. The van der Waals surface area contributed by atoms with E-state index < -0.39 is 36.2 Å². The van der Waals surface area contributed by atoms with E-state index in [9.17, 15) is 23.4 Å². The first-order valence-electron chi connectivity index (χ1n) is 6.61. The van der Waals surface area contributed by atoms with Gasteiger partial charge in [0.2, 0.25) is 0 Å². The second kappa shape index (κ2) is 6.73. The Kier molecular flexibility index (Phi) is 5.16. The van der Waals surface area contributed by atoms with Gasteiger partial charge < -0.3 is 25.6 Å². The molecular formula is C12H17F3N4O3. The first kappa shape index (κ1) is 16.9. The number of aliphatic hydroxyl groups excluding tert-OH is 2. The van der Waals surface area contributed by atoms with Crippen LogP contribution < -0.4 is 10.6 Å². The van der Waals surface area contributed by atoms with Gasteiger partial charge >= 0.3 is 6.18 Å². The number of hydrogen-bond donors (Lipinski definition) is 4. The molecule has 1 aromatic heterocycles. The number of ether oxygens (including phenoxy) is 1. The maximum atomic E-state index is 12.6. The molecule has 4 atom stereocenters. The predicted octanol–water partition coefficient (Wildman–Crippen LogP) is -0.384. The number of hydrogen-bond acceptors (Lipinski definition) is 7. The summed E-state index contributed by atoms with van der Waals surface area (Å²) in [6.07, 6.45) is -5.86. The average Bonchev–Trinajstić information content (AvgIpc) is 2.46. The van der Waals surface area contributed by atoms with Gasteiger partial charge in [0, 0.05) is 6.54 Å². The van der Waals surface area contributed by atoms with E-state index in [1.165, 1.54) is 0 Å². The molecule has 1 aliphatic heterocycles. The lowest BCUT2D eigenvalue weighted by Crippen LogP contribution is -2.57. The molecule has 0 saturated carbocycles. The Balaban J connectivity index is 2.05. The van der Waals surface area contributed by atoms with Crippen molar-refractivity contribution < 1.29 is 28.1 Å². The molecule has 1 fully saturated rings. The molecule has 1 saturated heterocycles. The van der Waals surface area contributed by atoms with Gasteiger partial charge in [-0.3, -0.25) is 4.98 Å². The standard InChI is InChI=1S/C12H17F3N4O3/c1-16-2-7-11(21)10(20)6(5-22-7)18-9-4-17-3-8(19-9)12(13,14)15/h3-4,6-7,10-11,16,20-21H,2,5H2,1H3,(H,18,19). The van der Waals surface area contributed by atoms with Gasteiger partial charge in [0.05, 0.1) is 31.1 Å². The number of likely N-dealkylation sites (N-methyl/N-ethyl adjacent to an activating group) is 1. The van der Waals surface area contributed by atoms with Crippen LogP contribution in [0.1, 0.15) is 5.69 Å². The molecule has 0 aromatic carbocycles. The number of rotatable bonds is 4. The summed E-state index contributed by atoms with van der Waals surface area (Å²) in [5.41, 5.74) is -1.14. The second-order valence-electron chi connectivity index (χ2n) is 4.95. The van der Waals surface area contributed by atoms with E-state index in [1.54, 1.807) is 7.05 Å². The first-order valence-corrected chi connectivity index (χ1v) is 6.61. The smallest absolute Gasteiger partial charge is 0.388 e. The maximum Gasteiger partial charge on any atom is 0.434 e. The van der Waals surface area contributed by atoms with Crippen LogP contribution in [0.4, 0.5) is 19.0 Å². The number of aromatic nitrogens is 2. The Hall–Kier alpha value is -1.49. The lowest BCUT2D eigenvalue weighted by molar-refractivity contribution is -0.141. The number of halogens is 3. The van der Waals surface area contributed by atoms with Crippen LogP contribution in [-0.4, -0.2) is 64.7 Å². The maximum absolute atomic E-state index is 12.6. The summed E-state index contributed by atoms with van der Waals surface area (Å²) in [7, 11) is 1.67. The molecule has 0 aliphatic carbocycles. The Labute approximate surface area is 124 Å². The highest BCUT2D eigenvalue weighted by atomic mass is 19.4. The molecule has 2 heterocycles. The molecule has 22 heavy (non-hydrogen) atoms. The number of nitrogens with zero attached hydrogens (tertiary/aromatic N) is 2. The number of aliphatic hydroxyl groups is 2. The molecule has 0 radical (unpaired) electrons. The monoisotopic (exact) mass is 322 g/mol.